The molecule has 0 bridgehead atoms. The Bertz CT molecular complexity index is 337. The van der Waals surface area contributed by atoms with Gasteiger partial charge in [0.15, 0.2) is 0 Å². The molecule has 0 amide bonds. The molecule has 0 spiro atoms. The van der Waals surface area contributed by atoms with Crippen molar-refractivity contribution in [2.24, 2.45) is 0 Å². The smallest absolute Gasteiger partial charge is 0.141 e. The summed E-state index contributed by atoms with van der Waals surface area (Å²) in [5.74, 6) is -0.259. The van der Waals surface area contributed by atoms with Gasteiger partial charge in [0, 0.05) is 25.3 Å². The SMILES string of the molecule is CN(Cc1cncc(F)c1)CC1CCCN1. The number of nitrogens with zero attached hydrogens (tertiary/aromatic N) is 2. The summed E-state index contributed by atoms with van der Waals surface area (Å²) >= 11 is 0. The van der Waals surface area contributed by atoms with Gasteiger partial charge in [0.25, 0.3) is 0 Å². The third-order valence-corrected chi connectivity index (χ3v) is 2.91. The van der Waals surface area contributed by atoms with Gasteiger partial charge >= 0.3 is 0 Å². The summed E-state index contributed by atoms with van der Waals surface area (Å²) in [4.78, 5) is 6.06. The molecule has 1 aliphatic heterocycles. The molecule has 1 aliphatic rings. The normalized spacial score (nSPS) is 20.6. The maximum atomic E-state index is 12.9. The molecule has 0 radical (unpaired) electrons. The van der Waals surface area contributed by atoms with Crippen LogP contribution in [0.2, 0.25) is 0 Å². The fourth-order valence-electron chi connectivity index (χ4n) is 2.21. The lowest BCUT2D eigenvalue weighted by Gasteiger charge is -2.20. The minimum absolute atomic E-state index is 0.259. The molecular formula is C12H18FN3. The van der Waals surface area contributed by atoms with Gasteiger partial charge in [-0.1, -0.05) is 0 Å². The second-order valence-electron chi connectivity index (χ2n) is 4.50. The van der Waals surface area contributed by atoms with E-state index in [1.807, 2.05) is 0 Å². The lowest BCUT2D eigenvalue weighted by atomic mass is 10.2. The Labute approximate surface area is 95.7 Å². The molecule has 1 aromatic heterocycles. The number of aromatic nitrogens is 1. The average Bonchev–Trinajstić information content (AvgIpc) is 2.70. The highest BCUT2D eigenvalue weighted by molar-refractivity contribution is 5.09. The maximum Gasteiger partial charge on any atom is 0.141 e. The first-order valence-electron chi connectivity index (χ1n) is 5.75. The van der Waals surface area contributed by atoms with Crippen LogP contribution in [0.25, 0.3) is 0 Å². The number of hydrogen-bond donors (Lipinski definition) is 1. The van der Waals surface area contributed by atoms with Gasteiger partial charge < -0.3 is 10.2 Å². The van der Waals surface area contributed by atoms with Crippen molar-refractivity contribution in [3.8, 4) is 0 Å². The van der Waals surface area contributed by atoms with E-state index in [2.05, 4.69) is 22.2 Å². The topological polar surface area (TPSA) is 28.2 Å². The lowest BCUT2D eigenvalue weighted by Crippen LogP contribution is -2.34. The lowest BCUT2D eigenvalue weighted by molar-refractivity contribution is 0.292. The third kappa shape index (κ3) is 3.25. The number of hydrogen-bond acceptors (Lipinski definition) is 3. The molecular weight excluding hydrogens is 205 g/mol. The minimum Gasteiger partial charge on any atom is -0.313 e. The monoisotopic (exact) mass is 223 g/mol. The van der Waals surface area contributed by atoms with Gasteiger partial charge in [-0.05, 0) is 38.1 Å². The zero-order chi connectivity index (χ0) is 11.4. The van der Waals surface area contributed by atoms with E-state index in [4.69, 9.17) is 0 Å². The molecule has 1 unspecified atom stereocenters. The van der Waals surface area contributed by atoms with E-state index in [-0.39, 0.29) is 5.82 Å². The molecule has 88 valence electrons. The second-order valence-corrected chi connectivity index (χ2v) is 4.50. The van der Waals surface area contributed by atoms with Gasteiger partial charge in [-0.2, -0.15) is 0 Å². The maximum absolute atomic E-state index is 12.9. The molecule has 1 fully saturated rings. The van der Waals surface area contributed by atoms with E-state index in [9.17, 15) is 4.39 Å². The molecule has 4 heteroatoms. The quantitative estimate of drug-likeness (QED) is 0.836. The Balaban J connectivity index is 1.84. The largest absolute Gasteiger partial charge is 0.313 e. The van der Waals surface area contributed by atoms with Gasteiger partial charge in [0.2, 0.25) is 0 Å². The van der Waals surface area contributed by atoms with Crippen LogP contribution in [0.1, 0.15) is 18.4 Å². The van der Waals surface area contributed by atoms with Crippen LogP contribution in [0.4, 0.5) is 4.39 Å². The van der Waals surface area contributed by atoms with Gasteiger partial charge in [-0.15, -0.1) is 0 Å². The Morgan fingerprint density at radius 2 is 2.44 bits per heavy atom. The van der Waals surface area contributed by atoms with Crippen molar-refractivity contribution in [2.45, 2.75) is 25.4 Å². The first-order chi connectivity index (χ1) is 7.74. The summed E-state index contributed by atoms with van der Waals surface area (Å²) in [7, 11) is 2.06. The van der Waals surface area contributed by atoms with Crippen molar-refractivity contribution in [1.29, 1.82) is 0 Å². The number of halogens is 1. The van der Waals surface area contributed by atoms with Crippen LogP contribution in [-0.4, -0.2) is 36.1 Å². The van der Waals surface area contributed by atoms with E-state index in [1.165, 1.54) is 19.0 Å². The van der Waals surface area contributed by atoms with Crippen molar-refractivity contribution in [3.05, 3.63) is 29.8 Å². The van der Waals surface area contributed by atoms with Crippen LogP contribution in [0.5, 0.6) is 0 Å². The van der Waals surface area contributed by atoms with Gasteiger partial charge in [-0.25, -0.2) is 4.39 Å². The van der Waals surface area contributed by atoms with Crippen molar-refractivity contribution < 1.29 is 4.39 Å². The van der Waals surface area contributed by atoms with Gasteiger partial charge in [0.1, 0.15) is 5.82 Å². The molecule has 0 saturated carbocycles. The summed E-state index contributed by atoms with van der Waals surface area (Å²) in [6, 6.07) is 2.14. The summed E-state index contributed by atoms with van der Waals surface area (Å²) in [5, 5.41) is 3.45. The molecule has 1 atom stereocenters. The molecule has 3 nitrogen and oxygen atoms in total. The zero-order valence-corrected chi connectivity index (χ0v) is 9.62. The third-order valence-electron chi connectivity index (χ3n) is 2.91. The number of rotatable bonds is 4. The fraction of sp³-hybridized carbons (Fsp3) is 0.583. The highest BCUT2D eigenvalue weighted by atomic mass is 19.1. The summed E-state index contributed by atoms with van der Waals surface area (Å²) in [6.45, 7) is 2.89. The van der Waals surface area contributed by atoms with Crippen molar-refractivity contribution in [2.75, 3.05) is 20.1 Å². The van der Waals surface area contributed by atoms with E-state index < -0.39 is 0 Å². The highest BCUT2D eigenvalue weighted by Gasteiger charge is 2.15. The Morgan fingerprint density at radius 1 is 1.56 bits per heavy atom. The molecule has 1 aromatic rings. The van der Waals surface area contributed by atoms with E-state index in [1.54, 1.807) is 12.3 Å². The standard InChI is InChI=1S/C12H18FN3/c1-16(9-12-3-2-4-15-12)8-10-5-11(13)7-14-6-10/h5-7,12,15H,2-4,8-9H2,1H3. The zero-order valence-electron chi connectivity index (χ0n) is 9.62. The molecule has 0 aliphatic carbocycles. The van der Waals surface area contributed by atoms with Crippen LogP contribution in [0.3, 0.4) is 0 Å². The second kappa shape index (κ2) is 5.37. The molecule has 0 aromatic carbocycles. The summed E-state index contributed by atoms with van der Waals surface area (Å²) < 4.78 is 12.9. The van der Waals surface area contributed by atoms with Crippen LogP contribution in [-0.2, 0) is 6.54 Å². The Morgan fingerprint density at radius 3 is 3.12 bits per heavy atom. The summed E-state index contributed by atoms with van der Waals surface area (Å²) in [6.07, 6.45) is 5.47. The van der Waals surface area contributed by atoms with Crippen LogP contribution < -0.4 is 5.32 Å². The van der Waals surface area contributed by atoms with Crippen LogP contribution in [0.15, 0.2) is 18.5 Å². The average molecular weight is 223 g/mol. The Kier molecular flexibility index (Phi) is 3.85. The summed E-state index contributed by atoms with van der Waals surface area (Å²) in [5.41, 5.74) is 0.931. The van der Waals surface area contributed by atoms with E-state index in [0.29, 0.717) is 6.04 Å². The highest BCUT2D eigenvalue weighted by Crippen LogP contribution is 2.09. The molecule has 1 N–H and O–H groups in total. The fourth-order valence-corrected chi connectivity index (χ4v) is 2.21. The molecule has 2 rings (SSSR count). The van der Waals surface area contributed by atoms with Gasteiger partial charge in [-0.3, -0.25) is 4.98 Å². The van der Waals surface area contributed by atoms with Crippen LogP contribution >= 0.6 is 0 Å². The number of nitrogens with one attached hydrogen (secondary N) is 1. The number of likely N-dealkylation sites (N-methyl/N-ethyl adjacent to an activating group) is 1. The van der Waals surface area contributed by atoms with Crippen molar-refractivity contribution in [3.63, 3.8) is 0 Å². The van der Waals surface area contributed by atoms with Gasteiger partial charge in [0.05, 0.1) is 6.20 Å². The first-order valence-corrected chi connectivity index (χ1v) is 5.75. The predicted molar refractivity (Wildman–Crippen MR) is 61.6 cm³/mol. The van der Waals surface area contributed by atoms with Crippen molar-refractivity contribution in [1.82, 2.24) is 15.2 Å². The van der Waals surface area contributed by atoms with Crippen LogP contribution in [0, 0.1) is 5.82 Å². The number of pyridine rings is 1. The molecule has 16 heavy (non-hydrogen) atoms. The van der Waals surface area contributed by atoms with E-state index >= 15 is 0 Å². The Hall–Kier alpha value is -1.00. The molecule has 2 heterocycles. The first kappa shape index (κ1) is 11.5. The molecule has 1 saturated heterocycles. The van der Waals surface area contributed by atoms with Crippen molar-refractivity contribution >= 4 is 0 Å². The van der Waals surface area contributed by atoms with E-state index in [0.717, 1.165) is 25.2 Å². The predicted octanol–water partition coefficient (Wildman–Crippen LogP) is 1.40. The minimum atomic E-state index is -0.259.